The first-order chi connectivity index (χ1) is 13.0. The van der Waals surface area contributed by atoms with E-state index < -0.39 is 0 Å². The van der Waals surface area contributed by atoms with Crippen LogP contribution in [0.15, 0.2) is 12.1 Å². The second kappa shape index (κ2) is 6.92. The molecule has 0 aliphatic heterocycles. The van der Waals surface area contributed by atoms with Crippen LogP contribution in [0, 0.1) is 23.2 Å². The first-order valence-corrected chi connectivity index (χ1v) is 10.1. The van der Waals surface area contributed by atoms with E-state index >= 15 is 0 Å². The predicted octanol–water partition coefficient (Wildman–Crippen LogP) is 4.05. The van der Waals surface area contributed by atoms with Crippen molar-refractivity contribution in [2.45, 2.75) is 51.5 Å². The summed E-state index contributed by atoms with van der Waals surface area (Å²) < 4.78 is 16.1. The lowest BCUT2D eigenvalue weighted by atomic mass is 9.48. The van der Waals surface area contributed by atoms with E-state index in [1.54, 1.807) is 33.5 Å². The van der Waals surface area contributed by atoms with Crippen LogP contribution in [0.5, 0.6) is 17.2 Å². The number of nitrogens with one attached hydrogen (secondary N) is 1. The summed E-state index contributed by atoms with van der Waals surface area (Å²) in [6.45, 7) is 2.20. The Bertz CT molecular complexity index is 669. The summed E-state index contributed by atoms with van der Waals surface area (Å²) in [6.07, 6.45) is 8.05. The van der Waals surface area contributed by atoms with Crippen LogP contribution in [-0.2, 0) is 0 Å². The van der Waals surface area contributed by atoms with Gasteiger partial charge in [-0.05, 0) is 80.8 Å². The van der Waals surface area contributed by atoms with Crippen LogP contribution in [0.3, 0.4) is 0 Å². The highest BCUT2D eigenvalue weighted by Crippen LogP contribution is 2.61. The summed E-state index contributed by atoms with van der Waals surface area (Å²) in [7, 11) is 4.70. The van der Waals surface area contributed by atoms with Crippen LogP contribution in [0.25, 0.3) is 0 Å². The molecular weight excluding hydrogens is 342 g/mol. The molecule has 5 rings (SSSR count). The first kappa shape index (κ1) is 18.5. The third-order valence-electron chi connectivity index (χ3n) is 7.28. The number of carbonyl (C=O) groups excluding carboxylic acids is 1. The van der Waals surface area contributed by atoms with E-state index in [1.807, 2.05) is 0 Å². The van der Waals surface area contributed by atoms with Crippen molar-refractivity contribution in [2.75, 3.05) is 21.3 Å². The number of amides is 1. The van der Waals surface area contributed by atoms with Crippen molar-refractivity contribution in [3.05, 3.63) is 17.7 Å². The molecule has 5 nitrogen and oxygen atoms in total. The van der Waals surface area contributed by atoms with Crippen molar-refractivity contribution in [2.24, 2.45) is 23.2 Å². The standard InChI is InChI=1S/C22H31NO4/c1-13(22-10-14-5-15(11-22)7-16(6-14)12-22)23-21(24)17-8-18(25-2)20(27-4)19(9-17)26-3/h8-9,13-16H,5-7,10-12H2,1-4H3,(H,23,24). The quantitative estimate of drug-likeness (QED) is 0.817. The Morgan fingerprint density at radius 1 is 0.963 bits per heavy atom. The maximum absolute atomic E-state index is 13.0. The van der Waals surface area contributed by atoms with Gasteiger partial charge in [0.1, 0.15) is 0 Å². The van der Waals surface area contributed by atoms with Crippen molar-refractivity contribution in [1.29, 1.82) is 0 Å². The Kier molecular flexibility index (Phi) is 4.73. The Morgan fingerprint density at radius 3 is 1.85 bits per heavy atom. The number of carbonyl (C=O) groups is 1. The number of ether oxygens (including phenoxy) is 3. The van der Waals surface area contributed by atoms with Crippen LogP contribution in [0.1, 0.15) is 55.8 Å². The monoisotopic (exact) mass is 373 g/mol. The van der Waals surface area contributed by atoms with Gasteiger partial charge in [0, 0.05) is 11.6 Å². The van der Waals surface area contributed by atoms with Gasteiger partial charge in [-0.25, -0.2) is 0 Å². The molecule has 4 aliphatic carbocycles. The van der Waals surface area contributed by atoms with Crippen LogP contribution >= 0.6 is 0 Å². The number of hydrogen-bond donors (Lipinski definition) is 1. The number of rotatable bonds is 6. The van der Waals surface area contributed by atoms with E-state index in [1.165, 1.54) is 38.5 Å². The molecule has 0 saturated heterocycles. The number of benzene rings is 1. The van der Waals surface area contributed by atoms with Gasteiger partial charge in [0.2, 0.25) is 5.75 Å². The fourth-order valence-corrected chi connectivity index (χ4v) is 6.35. The largest absolute Gasteiger partial charge is 0.493 e. The van der Waals surface area contributed by atoms with Crippen molar-refractivity contribution in [3.63, 3.8) is 0 Å². The second-order valence-corrected chi connectivity index (χ2v) is 8.89. The zero-order valence-corrected chi connectivity index (χ0v) is 16.8. The average molecular weight is 373 g/mol. The van der Waals surface area contributed by atoms with Crippen molar-refractivity contribution >= 4 is 5.91 Å². The van der Waals surface area contributed by atoms with E-state index in [9.17, 15) is 4.79 Å². The van der Waals surface area contributed by atoms with E-state index in [4.69, 9.17) is 14.2 Å². The molecule has 1 unspecified atom stereocenters. The molecule has 0 spiro atoms. The Morgan fingerprint density at radius 2 is 1.44 bits per heavy atom. The summed E-state index contributed by atoms with van der Waals surface area (Å²) in [6, 6.07) is 3.63. The SMILES string of the molecule is COc1cc(C(=O)NC(C)C23CC4CC(CC(C4)C2)C3)cc(OC)c1OC. The van der Waals surface area contributed by atoms with Gasteiger partial charge in [0.25, 0.3) is 5.91 Å². The van der Waals surface area contributed by atoms with Gasteiger partial charge in [-0.3, -0.25) is 4.79 Å². The van der Waals surface area contributed by atoms with Gasteiger partial charge >= 0.3 is 0 Å². The lowest BCUT2D eigenvalue weighted by Crippen LogP contribution is -2.55. The lowest BCUT2D eigenvalue weighted by Gasteiger charge is -2.59. The zero-order valence-electron chi connectivity index (χ0n) is 16.8. The zero-order chi connectivity index (χ0) is 19.2. The minimum absolute atomic E-state index is 0.0718. The Balaban J connectivity index is 1.54. The number of hydrogen-bond acceptors (Lipinski definition) is 4. The molecular formula is C22H31NO4. The fraction of sp³-hybridized carbons (Fsp3) is 0.682. The van der Waals surface area contributed by atoms with Gasteiger partial charge in [0.05, 0.1) is 21.3 Å². The van der Waals surface area contributed by atoms with Crippen LogP contribution < -0.4 is 19.5 Å². The van der Waals surface area contributed by atoms with Crippen molar-refractivity contribution in [3.8, 4) is 17.2 Å². The van der Waals surface area contributed by atoms with E-state index in [0.29, 0.717) is 22.8 Å². The first-order valence-electron chi connectivity index (χ1n) is 10.1. The van der Waals surface area contributed by atoms with E-state index in [0.717, 1.165) is 17.8 Å². The molecule has 1 N–H and O–H groups in total. The predicted molar refractivity (Wildman–Crippen MR) is 104 cm³/mol. The summed E-state index contributed by atoms with van der Waals surface area (Å²) in [5.41, 5.74) is 0.825. The summed E-state index contributed by atoms with van der Waals surface area (Å²) in [5, 5.41) is 3.30. The summed E-state index contributed by atoms with van der Waals surface area (Å²) in [5.74, 6) is 4.06. The van der Waals surface area contributed by atoms with Crippen LogP contribution in [-0.4, -0.2) is 33.3 Å². The third-order valence-corrected chi connectivity index (χ3v) is 7.28. The Hall–Kier alpha value is -1.91. The maximum Gasteiger partial charge on any atom is 0.251 e. The molecule has 5 heteroatoms. The average Bonchev–Trinajstić information content (AvgIpc) is 2.65. The van der Waals surface area contributed by atoms with Crippen molar-refractivity contribution in [1.82, 2.24) is 5.32 Å². The molecule has 0 aromatic heterocycles. The van der Waals surface area contributed by atoms with E-state index in [2.05, 4.69) is 12.2 Å². The molecule has 0 heterocycles. The summed E-state index contributed by atoms with van der Waals surface area (Å²) in [4.78, 5) is 13.0. The topological polar surface area (TPSA) is 56.8 Å². The van der Waals surface area contributed by atoms with Gasteiger partial charge in [0.15, 0.2) is 11.5 Å². The molecule has 1 amide bonds. The molecule has 4 saturated carbocycles. The molecule has 4 bridgehead atoms. The number of methoxy groups -OCH3 is 3. The maximum atomic E-state index is 13.0. The molecule has 4 aliphatic rings. The molecule has 4 fully saturated rings. The van der Waals surface area contributed by atoms with Gasteiger partial charge < -0.3 is 19.5 Å². The fourth-order valence-electron chi connectivity index (χ4n) is 6.35. The molecule has 1 aromatic carbocycles. The normalized spacial score (nSPS) is 32.1. The van der Waals surface area contributed by atoms with Crippen LogP contribution in [0.2, 0.25) is 0 Å². The highest BCUT2D eigenvalue weighted by atomic mass is 16.5. The third kappa shape index (κ3) is 3.15. The second-order valence-electron chi connectivity index (χ2n) is 8.89. The summed E-state index contributed by atoms with van der Waals surface area (Å²) >= 11 is 0. The minimum atomic E-state index is -0.0718. The van der Waals surface area contributed by atoms with Gasteiger partial charge in [-0.2, -0.15) is 0 Å². The molecule has 0 radical (unpaired) electrons. The smallest absolute Gasteiger partial charge is 0.251 e. The lowest BCUT2D eigenvalue weighted by molar-refractivity contribution is -0.0688. The minimum Gasteiger partial charge on any atom is -0.493 e. The van der Waals surface area contributed by atoms with Crippen LogP contribution in [0.4, 0.5) is 0 Å². The van der Waals surface area contributed by atoms with Gasteiger partial charge in [-0.15, -0.1) is 0 Å². The highest BCUT2D eigenvalue weighted by Gasteiger charge is 2.53. The Labute approximate surface area is 161 Å². The van der Waals surface area contributed by atoms with Crippen molar-refractivity contribution < 1.29 is 19.0 Å². The van der Waals surface area contributed by atoms with E-state index in [-0.39, 0.29) is 17.4 Å². The highest BCUT2D eigenvalue weighted by molar-refractivity contribution is 5.95. The van der Waals surface area contributed by atoms with Gasteiger partial charge in [-0.1, -0.05) is 0 Å². The molecule has 27 heavy (non-hydrogen) atoms. The molecule has 148 valence electrons. The molecule has 1 atom stereocenters. The molecule has 1 aromatic rings.